The van der Waals surface area contributed by atoms with E-state index in [4.69, 9.17) is 19.4 Å². The van der Waals surface area contributed by atoms with E-state index in [9.17, 15) is 4.79 Å². The van der Waals surface area contributed by atoms with Gasteiger partial charge in [0.1, 0.15) is 12.2 Å². The van der Waals surface area contributed by atoms with Crippen molar-refractivity contribution >= 4 is 34.7 Å². The minimum Gasteiger partial charge on any atom is -0.365 e. The van der Waals surface area contributed by atoms with Crippen LogP contribution in [0.5, 0.6) is 0 Å². The first kappa shape index (κ1) is 27.4. The summed E-state index contributed by atoms with van der Waals surface area (Å²) in [5.41, 5.74) is 2.63. The molecule has 1 aliphatic heterocycles. The van der Waals surface area contributed by atoms with Crippen LogP contribution in [0.4, 0.5) is 5.82 Å². The Kier molecular flexibility index (Phi) is 7.47. The Morgan fingerprint density at radius 1 is 1.15 bits per heavy atom. The normalized spacial score (nSPS) is 28.6. The third-order valence-corrected chi connectivity index (χ3v) is 8.90. The van der Waals surface area contributed by atoms with E-state index >= 15 is 0 Å². The van der Waals surface area contributed by atoms with Crippen LogP contribution in [0.15, 0.2) is 35.5 Å². The number of ether oxygens (including phenoxy) is 2. The summed E-state index contributed by atoms with van der Waals surface area (Å²) in [4.78, 5) is 23.0. The number of hydrogen-bond acceptors (Lipinski definition) is 9. The van der Waals surface area contributed by atoms with Crippen LogP contribution in [0.2, 0.25) is 0 Å². The van der Waals surface area contributed by atoms with Crippen molar-refractivity contribution in [2.45, 2.75) is 95.0 Å². The number of hydrogen-bond donors (Lipinski definition) is 2. The van der Waals surface area contributed by atoms with Crippen LogP contribution in [-0.4, -0.2) is 67.2 Å². The maximum Gasteiger partial charge on any atom is 0.225 e. The summed E-state index contributed by atoms with van der Waals surface area (Å²) in [5.74, 6) is 1.30. The molecule has 3 heterocycles. The van der Waals surface area contributed by atoms with Crippen molar-refractivity contribution in [1.82, 2.24) is 30.3 Å². The number of carbonyl (C=O) groups is 1. The SMILES string of the molecule is CCCSc1nc(NC2CC2c2ccccc2)c2nnn(C3CC(C(=O)NCC(C)C)C4OC(C)(C)OC43)c2n1. The molecular formula is C29H39N7O3S. The minimum absolute atomic E-state index is 0.00576. The largest absolute Gasteiger partial charge is 0.365 e. The molecule has 6 atom stereocenters. The molecule has 1 amide bonds. The van der Waals surface area contributed by atoms with E-state index in [0.29, 0.717) is 46.9 Å². The second-order valence-corrected chi connectivity index (χ2v) is 13.1. The summed E-state index contributed by atoms with van der Waals surface area (Å²) < 4.78 is 14.5. The fourth-order valence-corrected chi connectivity index (χ4v) is 6.57. The van der Waals surface area contributed by atoms with Gasteiger partial charge in [-0.2, -0.15) is 0 Å². The molecule has 6 unspecified atom stereocenters. The van der Waals surface area contributed by atoms with E-state index in [-0.39, 0.29) is 36.1 Å². The highest BCUT2D eigenvalue weighted by atomic mass is 32.2. The maximum atomic E-state index is 13.3. The molecule has 2 aliphatic carbocycles. The maximum absolute atomic E-state index is 13.3. The predicted octanol–water partition coefficient (Wildman–Crippen LogP) is 4.54. The molecule has 214 valence electrons. The third kappa shape index (κ3) is 5.43. The average Bonchev–Trinajstić information content (AvgIpc) is 3.25. The van der Waals surface area contributed by atoms with Crippen molar-refractivity contribution < 1.29 is 14.3 Å². The predicted molar refractivity (Wildman–Crippen MR) is 154 cm³/mol. The number of rotatable bonds is 10. The number of carbonyl (C=O) groups excluding carboxylic acids is 1. The van der Waals surface area contributed by atoms with Gasteiger partial charge in [0.2, 0.25) is 5.91 Å². The monoisotopic (exact) mass is 565 g/mol. The lowest BCUT2D eigenvalue weighted by atomic mass is 10.0. The molecule has 3 fully saturated rings. The molecular weight excluding hydrogens is 526 g/mol. The lowest BCUT2D eigenvalue weighted by Gasteiger charge is -2.23. The first-order valence-corrected chi connectivity index (χ1v) is 15.4. The smallest absolute Gasteiger partial charge is 0.225 e. The molecule has 40 heavy (non-hydrogen) atoms. The molecule has 3 aliphatic rings. The van der Waals surface area contributed by atoms with E-state index in [2.05, 4.69) is 66.0 Å². The standard InChI is InChI=1S/C29H39N7O3S/c1-6-12-40-28-32-25(31-20-13-18(20)17-10-8-7-9-11-17)22-26(33-28)36(35-34-22)21-14-19(27(37)30-15-16(2)3)23-24(21)39-29(4,5)38-23/h7-11,16,18-21,23-24H,6,12-15H2,1-5H3,(H,30,37)(H,31,32,33). The minimum atomic E-state index is -0.788. The fourth-order valence-electron chi connectivity index (χ4n) is 5.88. The summed E-state index contributed by atoms with van der Waals surface area (Å²) in [6, 6.07) is 10.6. The second kappa shape index (κ2) is 10.9. The number of nitrogens with one attached hydrogen (secondary N) is 2. The van der Waals surface area contributed by atoms with Gasteiger partial charge < -0.3 is 20.1 Å². The summed E-state index contributed by atoms with van der Waals surface area (Å²) in [6.45, 7) is 10.7. The average molecular weight is 566 g/mol. The van der Waals surface area contributed by atoms with Crippen molar-refractivity contribution in [2.75, 3.05) is 17.6 Å². The van der Waals surface area contributed by atoms with Gasteiger partial charge in [-0.25, -0.2) is 14.6 Å². The van der Waals surface area contributed by atoms with E-state index in [1.807, 2.05) is 24.6 Å². The highest BCUT2D eigenvalue weighted by Gasteiger charge is 2.57. The Morgan fingerprint density at radius 2 is 1.93 bits per heavy atom. The summed E-state index contributed by atoms with van der Waals surface area (Å²) in [6.07, 6.45) is 1.90. The molecule has 2 aromatic heterocycles. The molecule has 0 spiro atoms. The number of anilines is 1. The number of thioether (sulfide) groups is 1. The first-order chi connectivity index (χ1) is 19.2. The van der Waals surface area contributed by atoms with Crippen LogP contribution in [0.3, 0.4) is 0 Å². The molecule has 2 N–H and O–H groups in total. The van der Waals surface area contributed by atoms with Crippen LogP contribution in [-0.2, 0) is 14.3 Å². The Hall–Kier alpha value is -2.76. The van der Waals surface area contributed by atoms with Gasteiger partial charge in [0.15, 0.2) is 27.9 Å². The van der Waals surface area contributed by atoms with Gasteiger partial charge in [0.25, 0.3) is 0 Å². The topological polar surface area (TPSA) is 116 Å². The second-order valence-electron chi connectivity index (χ2n) is 12.0. The zero-order valence-corrected chi connectivity index (χ0v) is 24.6. The number of nitrogens with zero attached hydrogens (tertiary/aromatic N) is 5. The van der Waals surface area contributed by atoms with Gasteiger partial charge in [0.05, 0.1) is 12.0 Å². The molecule has 11 heteroatoms. The fraction of sp³-hybridized carbons (Fsp3) is 0.621. The Bertz CT molecular complexity index is 1360. The van der Waals surface area contributed by atoms with E-state index in [1.54, 1.807) is 11.8 Å². The summed E-state index contributed by atoms with van der Waals surface area (Å²) in [7, 11) is 0. The lowest BCUT2D eigenvalue weighted by molar-refractivity contribution is -0.163. The summed E-state index contributed by atoms with van der Waals surface area (Å²) in [5, 5.41) is 16.6. The van der Waals surface area contributed by atoms with Gasteiger partial charge in [-0.05, 0) is 44.6 Å². The Balaban J connectivity index is 1.31. The van der Waals surface area contributed by atoms with Gasteiger partial charge >= 0.3 is 0 Å². The van der Waals surface area contributed by atoms with Crippen molar-refractivity contribution in [1.29, 1.82) is 0 Å². The van der Waals surface area contributed by atoms with Crippen molar-refractivity contribution in [3.8, 4) is 0 Å². The molecule has 2 saturated carbocycles. The lowest BCUT2D eigenvalue weighted by Crippen LogP contribution is -2.39. The molecule has 6 rings (SSSR count). The van der Waals surface area contributed by atoms with Gasteiger partial charge in [-0.3, -0.25) is 4.79 Å². The number of fused-ring (bicyclic) bond motifs is 2. The van der Waals surface area contributed by atoms with Crippen LogP contribution >= 0.6 is 11.8 Å². The van der Waals surface area contributed by atoms with Crippen LogP contribution in [0.25, 0.3) is 11.2 Å². The number of amides is 1. The first-order valence-electron chi connectivity index (χ1n) is 14.4. The molecule has 10 nitrogen and oxygen atoms in total. The van der Waals surface area contributed by atoms with E-state index in [1.165, 1.54) is 5.56 Å². The number of benzene rings is 1. The van der Waals surface area contributed by atoms with Crippen molar-refractivity contribution in [2.24, 2.45) is 11.8 Å². The van der Waals surface area contributed by atoms with Gasteiger partial charge in [-0.15, -0.1) is 5.10 Å². The van der Waals surface area contributed by atoms with Crippen molar-refractivity contribution in [3.63, 3.8) is 0 Å². The van der Waals surface area contributed by atoms with Crippen LogP contribution in [0.1, 0.15) is 71.4 Å². The van der Waals surface area contributed by atoms with E-state index in [0.717, 1.165) is 18.6 Å². The highest BCUT2D eigenvalue weighted by molar-refractivity contribution is 7.99. The Labute approximate surface area is 239 Å². The van der Waals surface area contributed by atoms with Crippen LogP contribution < -0.4 is 10.6 Å². The van der Waals surface area contributed by atoms with Crippen molar-refractivity contribution in [3.05, 3.63) is 35.9 Å². The van der Waals surface area contributed by atoms with E-state index < -0.39 is 5.79 Å². The Morgan fingerprint density at radius 3 is 2.67 bits per heavy atom. The molecule has 3 aromatic rings. The molecule has 0 bridgehead atoms. The molecule has 0 radical (unpaired) electrons. The molecule has 1 aromatic carbocycles. The zero-order chi connectivity index (χ0) is 28.0. The molecule has 1 saturated heterocycles. The van der Waals surface area contributed by atoms with Gasteiger partial charge in [-0.1, -0.05) is 68.1 Å². The third-order valence-electron chi connectivity index (χ3n) is 7.85. The van der Waals surface area contributed by atoms with Crippen LogP contribution in [0, 0.1) is 11.8 Å². The van der Waals surface area contributed by atoms with Gasteiger partial charge in [0, 0.05) is 24.3 Å². The highest BCUT2D eigenvalue weighted by Crippen LogP contribution is 2.48. The quantitative estimate of drug-likeness (QED) is 0.270. The zero-order valence-electron chi connectivity index (χ0n) is 23.8. The summed E-state index contributed by atoms with van der Waals surface area (Å²) >= 11 is 1.63. The number of aromatic nitrogens is 5.